The van der Waals surface area contributed by atoms with Crippen molar-refractivity contribution in [3.8, 4) is 5.75 Å². The molecule has 3 rings (SSSR count). The summed E-state index contributed by atoms with van der Waals surface area (Å²) in [6.07, 6.45) is 3.08. The molecular formula is C17H17ClFNO. The van der Waals surface area contributed by atoms with E-state index in [1.54, 1.807) is 19.2 Å². The average molecular weight is 306 g/mol. The van der Waals surface area contributed by atoms with Crippen molar-refractivity contribution in [2.75, 3.05) is 12.4 Å². The van der Waals surface area contributed by atoms with E-state index in [1.165, 1.54) is 17.2 Å². The summed E-state index contributed by atoms with van der Waals surface area (Å²) in [5, 5.41) is 3.82. The van der Waals surface area contributed by atoms with E-state index in [1.807, 2.05) is 6.07 Å². The van der Waals surface area contributed by atoms with Gasteiger partial charge in [0.2, 0.25) is 0 Å². The molecule has 1 atom stereocenters. The predicted octanol–water partition coefficient (Wildman–Crippen LogP) is 4.98. The van der Waals surface area contributed by atoms with Crippen molar-refractivity contribution in [2.45, 2.75) is 25.3 Å². The van der Waals surface area contributed by atoms with Crippen LogP contribution < -0.4 is 10.1 Å². The molecule has 110 valence electrons. The molecule has 2 aromatic rings. The lowest BCUT2D eigenvalue weighted by Crippen LogP contribution is -2.18. The number of nitrogens with one attached hydrogen (secondary N) is 1. The van der Waals surface area contributed by atoms with E-state index in [0.717, 1.165) is 25.0 Å². The highest BCUT2D eigenvalue weighted by atomic mass is 35.5. The Balaban J connectivity index is 1.90. The third-order valence-electron chi connectivity index (χ3n) is 3.92. The van der Waals surface area contributed by atoms with Crippen LogP contribution in [0.25, 0.3) is 0 Å². The molecule has 0 bridgehead atoms. The summed E-state index contributed by atoms with van der Waals surface area (Å²) in [7, 11) is 1.67. The van der Waals surface area contributed by atoms with Gasteiger partial charge in [0.1, 0.15) is 11.6 Å². The molecule has 0 aromatic heterocycles. The van der Waals surface area contributed by atoms with Crippen LogP contribution in [0.15, 0.2) is 36.4 Å². The smallest absolute Gasteiger partial charge is 0.146 e. The lowest BCUT2D eigenvalue weighted by molar-refractivity contribution is 0.413. The van der Waals surface area contributed by atoms with Gasteiger partial charge in [0.15, 0.2) is 0 Å². The second-order valence-electron chi connectivity index (χ2n) is 5.28. The topological polar surface area (TPSA) is 21.3 Å². The number of hydrogen-bond acceptors (Lipinski definition) is 2. The van der Waals surface area contributed by atoms with Gasteiger partial charge in [0, 0.05) is 5.02 Å². The van der Waals surface area contributed by atoms with E-state index in [-0.39, 0.29) is 11.9 Å². The van der Waals surface area contributed by atoms with Gasteiger partial charge in [-0.3, -0.25) is 0 Å². The normalized spacial score (nSPS) is 17.2. The van der Waals surface area contributed by atoms with Crippen LogP contribution in [0.5, 0.6) is 5.75 Å². The molecule has 4 heteroatoms. The Hall–Kier alpha value is -1.74. The van der Waals surface area contributed by atoms with Crippen LogP contribution in [-0.2, 0) is 6.42 Å². The molecule has 0 saturated carbocycles. The molecule has 1 N–H and O–H groups in total. The molecule has 1 aliphatic carbocycles. The molecule has 0 radical (unpaired) electrons. The fraction of sp³-hybridized carbons (Fsp3) is 0.294. The zero-order valence-corrected chi connectivity index (χ0v) is 12.6. The summed E-state index contributed by atoms with van der Waals surface area (Å²) in [5.74, 6) is 0.586. The third-order valence-corrected chi connectivity index (χ3v) is 4.16. The quantitative estimate of drug-likeness (QED) is 0.863. The Kier molecular flexibility index (Phi) is 4.02. The summed E-state index contributed by atoms with van der Waals surface area (Å²) in [6, 6.07) is 10.8. The molecule has 0 aliphatic heterocycles. The molecule has 1 aliphatic rings. The van der Waals surface area contributed by atoms with Gasteiger partial charge in [-0.05, 0) is 60.7 Å². The fourth-order valence-corrected chi connectivity index (χ4v) is 3.04. The van der Waals surface area contributed by atoms with Crippen molar-refractivity contribution in [3.63, 3.8) is 0 Å². The highest BCUT2D eigenvalue weighted by molar-refractivity contribution is 6.30. The second-order valence-corrected chi connectivity index (χ2v) is 5.71. The molecule has 0 spiro atoms. The highest BCUT2D eigenvalue weighted by Gasteiger charge is 2.21. The van der Waals surface area contributed by atoms with Crippen LogP contribution in [0, 0.1) is 5.82 Å². The Morgan fingerprint density at radius 2 is 2.10 bits per heavy atom. The maximum atomic E-state index is 13.9. The third kappa shape index (κ3) is 2.98. The van der Waals surface area contributed by atoms with Crippen molar-refractivity contribution in [1.29, 1.82) is 0 Å². The molecular weight excluding hydrogens is 289 g/mol. The van der Waals surface area contributed by atoms with Gasteiger partial charge in [-0.25, -0.2) is 4.39 Å². The molecule has 21 heavy (non-hydrogen) atoms. The Morgan fingerprint density at radius 3 is 2.90 bits per heavy atom. The standard InChI is InChI=1S/C17H17ClFNO/c1-21-13-6-7-14-11(9-13)3-2-4-16(14)20-17-10-12(18)5-8-15(17)19/h5-10,16,20H,2-4H2,1H3. The van der Waals surface area contributed by atoms with Gasteiger partial charge in [0.25, 0.3) is 0 Å². The van der Waals surface area contributed by atoms with Crippen molar-refractivity contribution in [1.82, 2.24) is 0 Å². The average Bonchev–Trinajstić information content (AvgIpc) is 2.50. The lowest BCUT2D eigenvalue weighted by Gasteiger charge is -2.28. The molecule has 0 saturated heterocycles. The summed E-state index contributed by atoms with van der Waals surface area (Å²) in [4.78, 5) is 0. The minimum Gasteiger partial charge on any atom is -0.497 e. The van der Waals surface area contributed by atoms with Gasteiger partial charge in [-0.1, -0.05) is 17.7 Å². The Labute approximate surface area is 128 Å². The van der Waals surface area contributed by atoms with Crippen LogP contribution >= 0.6 is 11.6 Å². The van der Waals surface area contributed by atoms with Crippen LogP contribution in [0.4, 0.5) is 10.1 Å². The number of ether oxygens (including phenoxy) is 1. The molecule has 2 nitrogen and oxygen atoms in total. The summed E-state index contributed by atoms with van der Waals surface area (Å²) in [6.45, 7) is 0. The first-order valence-electron chi connectivity index (χ1n) is 7.06. The first-order valence-corrected chi connectivity index (χ1v) is 7.43. The number of anilines is 1. The first-order chi connectivity index (χ1) is 10.2. The molecule has 1 unspecified atom stereocenters. The van der Waals surface area contributed by atoms with Crippen LogP contribution in [-0.4, -0.2) is 7.11 Å². The predicted molar refractivity (Wildman–Crippen MR) is 83.7 cm³/mol. The minimum absolute atomic E-state index is 0.104. The Morgan fingerprint density at radius 1 is 1.24 bits per heavy atom. The van der Waals surface area contributed by atoms with Gasteiger partial charge >= 0.3 is 0 Å². The Bertz CT molecular complexity index is 659. The van der Waals surface area contributed by atoms with Crippen molar-refractivity contribution in [3.05, 3.63) is 58.4 Å². The van der Waals surface area contributed by atoms with Crippen LogP contribution in [0.3, 0.4) is 0 Å². The first kappa shape index (κ1) is 14.2. The number of fused-ring (bicyclic) bond motifs is 1. The van der Waals surface area contributed by atoms with Crippen molar-refractivity contribution in [2.24, 2.45) is 0 Å². The summed E-state index contributed by atoms with van der Waals surface area (Å²) < 4.78 is 19.1. The number of hydrogen-bond donors (Lipinski definition) is 1. The second kappa shape index (κ2) is 5.94. The molecule has 0 heterocycles. The summed E-state index contributed by atoms with van der Waals surface area (Å²) in [5.41, 5.74) is 2.93. The fourth-order valence-electron chi connectivity index (χ4n) is 2.86. The summed E-state index contributed by atoms with van der Waals surface area (Å²) >= 11 is 5.95. The van der Waals surface area contributed by atoms with Gasteiger partial charge in [-0.2, -0.15) is 0 Å². The number of halogens is 2. The maximum Gasteiger partial charge on any atom is 0.146 e. The minimum atomic E-state index is -0.278. The van der Waals surface area contributed by atoms with Gasteiger partial charge in [0.05, 0.1) is 18.8 Å². The molecule has 2 aromatic carbocycles. The van der Waals surface area contributed by atoms with E-state index >= 15 is 0 Å². The maximum absolute atomic E-state index is 13.9. The van der Waals surface area contributed by atoms with Gasteiger partial charge < -0.3 is 10.1 Å². The monoisotopic (exact) mass is 305 g/mol. The largest absolute Gasteiger partial charge is 0.497 e. The van der Waals surface area contributed by atoms with E-state index in [4.69, 9.17) is 16.3 Å². The zero-order valence-electron chi connectivity index (χ0n) is 11.8. The van der Waals surface area contributed by atoms with Crippen LogP contribution in [0.1, 0.15) is 30.0 Å². The van der Waals surface area contributed by atoms with E-state index in [2.05, 4.69) is 17.4 Å². The number of aryl methyl sites for hydroxylation is 1. The number of methoxy groups -OCH3 is 1. The highest BCUT2D eigenvalue weighted by Crippen LogP contribution is 2.35. The SMILES string of the molecule is COc1ccc2c(c1)CCCC2Nc1cc(Cl)ccc1F. The zero-order chi connectivity index (χ0) is 14.8. The van der Waals surface area contributed by atoms with E-state index < -0.39 is 0 Å². The number of rotatable bonds is 3. The van der Waals surface area contributed by atoms with E-state index in [0.29, 0.717) is 10.7 Å². The van der Waals surface area contributed by atoms with Crippen molar-refractivity contribution < 1.29 is 9.13 Å². The van der Waals surface area contributed by atoms with Crippen molar-refractivity contribution >= 4 is 17.3 Å². The van der Waals surface area contributed by atoms with E-state index in [9.17, 15) is 4.39 Å². The van der Waals surface area contributed by atoms with Gasteiger partial charge in [-0.15, -0.1) is 0 Å². The van der Waals surface area contributed by atoms with Crippen LogP contribution in [0.2, 0.25) is 5.02 Å². The lowest BCUT2D eigenvalue weighted by atomic mass is 9.87. The molecule has 0 fully saturated rings. The molecule has 0 amide bonds. The number of benzene rings is 2.